The lowest BCUT2D eigenvalue weighted by atomic mass is 10.1. The number of nitro benzene ring substituents is 1. The molecule has 0 saturated heterocycles. The Hall–Kier alpha value is -3.23. The fourth-order valence-corrected chi connectivity index (χ4v) is 2.45. The monoisotopic (exact) mass is 344 g/mol. The highest BCUT2D eigenvalue weighted by Crippen LogP contribution is 2.42. The Labute approximate surface area is 142 Å². The van der Waals surface area contributed by atoms with Crippen molar-refractivity contribution in [3.8, 4) is 0 Å². The van der Waals surface area contributed by atoms with Gasteiger partial charge in [0.05, 0.1) is 34.7 Å². The first-order valence-electron chi connectivity index (χ1n) is 7.80. The molecule has 3 rings (SSSR count). The van der Waals surface area contributed by atoms with E-state index >= 15 is 0 Å². The number of carbonyl (C=O) groups excluding carboxylic acids is 2. The number of carbonyl (C=O) groups is 2. The summed E-state index contributed by atoms with van der Waals surface area (Å²) in [7, 11) is 0. The maximum atomic E-state index is 12.5. The molecule has 0 spiro atoms. The van der Waals surface area contributed by atoms with Crippen molar-refractivity contribution in [3.05, 3.63) is 51.3 Å². The number of aromatic amines is 1. The van der Waals surface area contributed by atoms with Crippen LogP contribution < -0.4 is 5.32 Å². The van der Waals surface area contributed by atoms with E-state index < -0.39 is 16.8 Å². The quantitative estimate of drug-likeness (QED) is 0.471. The fraction of sp³-hybridized carbons (Fsp3) is 0.312. The van der Waals surface area contributed by atoms with E-state index in [1.165, 1.54) is 12.3 Å². The molecule has 0 bridgehead atoms. The predicted octanol–water partition coefficient (Wildman–Crippen LogP) is 2.62. The zero-order valence-corrected chi connectivity index (χ0v) is 13.4. The second kappa shape index (κ2) is 6.71. The number of hydrogen-bond acceptors (Lipinski definition) is 6. The van der Waals surface area contributed by atoms with Gasteiger partial charge in [0.25, 0.3) is 11.6 Å². The molecule has 1 aromatic heterocycles. The second-order valence-electron chi connectivity index (χ2n) is 5.67. The third-order valence-corrected chi connectivity index (χ3v) is 3.80. The number of amides is 1. The highest BCUT2D eigenvalue weighted by molar-refractivity contribution is 6.06. The number of anilines is 1. The van der Waals surface area contributed by atoms with Gasteiger partial charge in [0, 0.05) is 23.6 Å². The Morgan fingerprint density at radius 1 is 1.36 bits per heavy atom. The molecule has 1 aliphatic carbocycles. The SMILES string of the molecule is CCOC(=O)c1cc(C(=O)Nc2cn[nH]c2C2CC2)cc([N+](=O)[O-])c1. The zero-order chi connectivity index (χ0) is 18.0. The first kappa shape index (κ1) is 16.6. The Bertz CT molecular complexity index is 841. The number of nitrogens with one attached hydrogen (secondary N) is 2. The average Bonchev–Trinajstić information content (AvgIpc) is 3.34. The summed E-state index contributed by atoms with van der Waals surface area (Å²) in [4.78, 5) is 34.8. The summed E-state index contributed by atoms with van der Waals surface area (Å²) in [6, 6.07) is 3.48. The van der Waals surface area contributed by atoms with Gasteiger partial charge in [0.1, 0.15) is 0 Å². The molecule has 1 heterocycles. The topological polar surface area (TPSA) is 127 Å². The van der Waals surface area contributed by atoms with Crippen LogP contribution in [0.15, 0.2) is 24.4 Å². The maximum absolute atomic E-state index is 12.5. The molecular formula is C16H16N4O5. The number of aromatic nitrogens is 2. The van der Waals surface area contributed by atoms with Crippen molar-refractivity contribution in [1.29, 1.82) is 0 Å². The Morgan fingerprint density at radius 3 is 2.72 bits per heavy atom. The standard InChI is InChI=1S/C16H16N4O5/c1-2-25-16(22)11-5-10(6-12(7-11)20(23)24)15(21)18-13-8-17-19-14(13)9-3-4-9/h5-9H,2-4H2,1H3,(H,17,19)(H,18,21). The van der Waals surface area contributed by atoms with E-state index in [0.29, 0.717) is 11.6 Å². The third kappa shape index (κ3) is 3.65. The van der Waals surface area contributed by atoms with E-state index in [2.05, 4.69) is 15.5 Å². The maximum Gasteiger partial charge on any atom is 0.338 e. The van der Waals surface area contributed by atoms with Gasteiger partial charge in [-0.2, -0.15) is 5.10 Å². The van der Waals surface area contributed by atoms with E-state index in [0.717, 1.165) is 30.7 Å². The molecule has 2 N–H and O–H groups in total. The molecule has 1 fully saturated rings. The zero-order valence-electron chi connectivity index (χ0n) is 13.4. The number of nitrogens with zero attached hydrogens (tertiary/aromatic N) is 2. The van der Waals surface area contributed by atoms with Crippen molar-refractivity contribution < 1.29 is 19.2 Å². The molecule has 0 unspecified atom stereocenters. The van der Waals surface area contributed by atoms with Crippen molar-refractivity contribution in [3.63, 3.8) is 0 Å². The smallest absolute Gasteiger partial charge is 0.338 e. The lowest BCUT2D eigenvalue weighted by Gasteiger charge is -2.07. The van der Waals surface area contributed by atoms with Gasteiger partial charge in [0.2, 0.25) is 0 Å². The van der Waals surface area contributed by atoms with E-state index in [1.54, 1.807) is 6.92 Å². The van der Waals surface area contributed by atoms with E-state index in [9.17, 15) is 19.7 Å². The first-order valence-corrected chi connectivity index (χ1v) is 7.80. The highest BCUT2D eigenvalue weighted by atomic mass is 16.6. The van der Waals surface area contributed by atoms with Crippen molar-refractivity contribution in [2.45, 2.75) is 25.7 Å². The van der Waals surface area contributed by atoms with Crippen LogP contribution in [-0.2, 0) is 4.74 Å². The molecule has 0 radical (unpaired) electrons. The van der Waals surface area contributed by atoms with Crippen LogP contribution in [0.4, 0.5) is 11.4 Å². The van der Waals surface area contributed by atoms with Gasteiger partial charge in [-0.15, -0.1) is 0 Å². The normalized spacial score (nSPS) is 13.3. The third-order valence-electron chi connectivity index (χ3n) is 3.80. The van der Waals surface area contributed by atoms with Gasteiger partial charge in [-0.05, 0) is 25.8 Å². The van der Waals surface area contributed by atoms with Gasteiger partial charge in [-0.1, -0.05) is 0 Å². The van der Waals surface area contributed by atoms with Crippen LogP contribution in [0, 0.1) is 10.1 Å². The minimum absolute atomic E-state index is 0.000185. The van der Waals surface area contributed by atoms with Gasteiger partial charge in [-0.25, -0.2) is 4.79 Å². The Kier molecular flexibility index (Phi) is 4.46. The second-order valence-corrected chi connectivity index (χ2v) is 5.67. The molecule has 1 saturated carbocycles. The highest BCUT2D eigenvalue weighted by Gasteiger charge is 2.28. The minimum Gasteiger partial charge on any atom is -0.462 e. The molecule has 1 aliphatic rings. The summed E-state index contributed by atoms with van der Waals surface area (Å²) in [5.74, 6) is -0.933. The van der Waals surface area contributed by atoms with Crippen LogP contribution in [-0.4, -0.2) is 33.6 Å². The average molecular weight is 344 g/mol. The molecule has 130 valence electrons. The molecule has 9 nitrogen and oxygen atoms in total. The summed E-state index contributed by atoms with van der Waals surface area (Å²) in [6.07, 6.45) is 3.54. The van der Waals surface area contributed by atoms with Crippen LogP contribution in [0.1, 0.15) is 52.1 Å². The van der Waals surface area contributed by atoms with Crippen molar-refractivity contribution in [1.82, 2.24) is 10.2 Å². The predicted molar refractivity (Wildman–Crippen MR) is 87.6 cm³/mol. The van der Waals surface area contributed by atoms with E-state index in [-0.39, 0.29) is 23.4 Å². The number of rotatable bonds is 6. The minimum atomic E-state index is -0.720. The van der Waals surface area contributed by atoms with Crippen molar-refractivity contribution in [2.24, 2.45) is 0 Å². The first-order chi connectivity index (χ1) is 12.0. The molecule has 25 heavy (non-hydrogen) atoms. The van der Waals surface area contributed by atoms with Gasteiger partial charge in [0.15, 0.2) is 0 Å². The number of nitro groups is 1. The summed E-state index contributed by atoms with van der Waals surface area (Å²) < 4.78 is 4.85. The number of benzene rings is 1. The van der Waals surface area contributed by atoms with Gasteiger partial charge in [-0.3, -0.25) is 20.0 Å². The molecular weight excluding hydrogens is 328 g/mol. The van der Waals surface area contributed by atoms with Crippen molar-refractivity contribution >= 4 is 23.3 Å². The van der Waals surface area contributed by atoms with Crippen LogP contribution in [0.2, 0.25) is 0 Å². The number of ether oxygens (including phenoxy) is 1. The Balaban J connectivity index is 1.89. The van der Waals surface area contributed by atoms with Gasteiger partial charge < -0.3 is 10.1 Å². The number of non-ortho nitro benzene ring substituents is 1. The lowest BCUT2D eigenvalue weighted by Crippen LogP contribution is -2.15. The summed E-state index contributed by atoms with van der Waals surface area (Å²) in [5, 5.41) is 20.5. The number of esters is 1. The van der Waals surface area contributed by atoms with Gasteiger partial charge >= 0.3 is 5.97 Å². The van der Waals surface area contributed by atoms with Crippen LogP contribution in [0.3, 0.4) is 0 Å². The molecule has 1 aromatic carbocycles. The van der Waals surface area contributed by atoms with Crippen molar-refractivity contribution in [2.75, 3.05) is 11.9 Å². The number of H-pyrrole nitrogens is 1. The van der Waals surface area contributed by atoms with E-state index in [4.69, 9.17) is 4.74 Å². The van der Waals surface area contributed by atoms with Crippen LogP contribution >= 0.6 is 0 Å². The number of hydrogen-bond donors (Lipinski definition) is 2. The van der Waals surface area contributed by atoms with Crippen LogP contribution in [0.5, 0.6) is 0 Å². The summed E-state index contributed by atoms with van der Waals surface area (Å²) in [6.45, 7) is 1.75. The van der Waals surface area contributed by atoms with E-state index in [1.807, 2.05) is 0 Å². The lowest BCUT2D eigenvalue weighted by molar-refractivity contribution is -0.384. The Morgan fingerprint density at radius 2 is 2.08 bits per heavy atom. The summed E-state index contributed by atoms with van der Waals surface area (Å²) in [5.41, 5.74) is 0.974. The molecule has 0 aliphatic heterocycles. The van der Waals surface area contributed by atoms with Crippen LogP contribution in [0.25, 0.3) is 0 Å². The molecule has 2 aromatic rings. The largest absolute Gasteiger partial charge is 0.462 e. The fourth-order valence-electron chi connectivity index (χ4n) is 2.45. The molecule has 9 heteroatoms. The molecule has 0 atom stereocenters. The summed E-state index contributed by atoms with van der Waals surface area (Å²) >= 11 is 0. The molecule has 1 amide bonds.